The lowest BCUT2D eigenvalue weighted by Crippen LogP contribution is -2.31. The molecule has 0 saturated heterocycles. The van der Waals surface area contributed by atoms with Crippen molar-refractivity contribution in [1.29, 1.82) is 0 Å². The van der Waals surface area contributed by atoms with E-state index in [0.717, 1.165) is 0 Å². The van der Waals surface area contributed by atoms with Crippen LogP contribution >= 0.6 is 0 Å². The molecule has 0 radical (unpaired) electrons. The van der Waals surface area contributed by atoms with Gasteiger partial charge in [0.25, 0.3) is 5.91 Å². The molecule has 1 rings (SSSR count). The second kappa shape index (κ2) is 6.65. The zero-order chi connectivity index (χ0) is 14.5. The molecule has 0 aromatic heterocycles. The molecule has 0 aliphatic heterocycles. The first-order chi connectivity index (χ1) is 8.90. The van der Waals surface area contributed by atoms with E-state index in [1.807, 2.05) is 0 Å². The number of hydrogen-bond acceptors (Lipinski definition) is 4. The summed E-state index contributed by atoms with van der Waals surface area (Å²) in [6.07, 6.45) is -0.208. The van der Waals surface area contributed by atoms with E-state index in [9.17, 15) is 13.2 Å². The first-order valence-corrected chi connectivity index (χ1v) is 7.23. The fourth-order valence-corrected chi connectivity index (χ4v) is 2.44. The van der Waals surface area contributed by atoms with Crippen molar-refractivity contribution in [2.75, 3.05) is 20.7 Å². The minimum Gasteiger partial charge on any atom is -0.380 e. The van der Waals surface area contributed by atoms with Gasteiger partial charge in [-0.1, -0.05) is 0 Å². The highest BCUT2D eigenvalue weighted by atomic mass is 32.2. The van der Waals surface area contributed by atoms with Crippen molar-refractivity contribution in [3.63, 3.8) is 0 Å². The van der Waals surface area contributed by atoms with Gasteiger partial charge in [-0.2, -0.15) is 0 Å². The van der Waals surface area contributed by atoms with Crippen molar-refractivity contribution < 1.29 is 17.9 Å². The molecule has 1 atom stereocenters. The monoisotopic (exact) mass is 286 g/mol. The Morgan fingerprint density at radius 3 is 2.37 bits per heavy atom. The molecule has 7 heteroatoms. The zero-order valence-corrected chi connectivity index (χ0v) is 12.0. The van der Waals surface area contributed by atoms with E-state index < -0.39 is 10.0 Å². The van der Waals surface area contributed by atoms with Crippen LogP contribution < -0.4 is 10.0 Å². The van der Waals surface area contributed by atoms with Crippen LogP contribution in [0.1, 0.15) is 17.3 Å². The van der Waals surface area contributed by atoms with Crippen molar-refractivity contribution in [3.05, 3.63) is 29.8 Å². The number of methoxy groups -OCH3 is 1. The molecule has 0 saturated carbocycles. The summed E-state index contributed by atoms with van der Waals surface area (Å²) in [5.41, 5.74) is 0.409. The summed E-state index contributed by atoms with van der Waals surface area (Å²) in [4.78, 5) is 11.4. The van der Waals surface area contributed by atoms with Crippen LogP contribution in [0.2, 0.25) is 0 Å². The maximum atomic E-state index is 11.9. The summed E-state index contributed by atoms with van der Waals surface area (Å²) < 4.78 is 31.3. The minimum absolute atomic E-state index is 0.114. The Hall–Kier alpha value is -1.44. The average molecular weight is 286 g/mol. The lowest BCUT2D eigenvalue weighted by Gasteiger charge is -2.11. The SMILES string of the molecule is CNC(=O)c1ccc(S(=O)(=O)NCC(C)OC)cc1. The van der Waals surface area contributed by atoms with Crippen molar-refractivity contribution in [2.45, 2.75) is 17.9 Å². The van der Waals surface area contributed by atoms with Gasteiger partial charge in [0.05, 0.1) is 11.0 Å². The van der Waals surface area contributed by atoms with E-state index >= 15 is 0 Å². The van der Waals surface area contributed by atoms with Crippen molar-refractivity contribution >= 4 is 15.9 Å². The molecule has 0 fully saturated rings. The maximum absolute atomic E-state index is 11.9. The first-order valence-electron chi connectivity index (χ1n) is 5.75. The van der Waals surface area contributed by atoms with Crippen molar-refractivity contribution in [2.24, 2.45) is 0 Å². The Bertz CT molecular complexity index is 525. The molecule has 1 aromatic rings. The molecule has 1 aromatic carbocycles. The van der Waals surface area contributed by atoms with Gasteiger partial charge in [0, 0.05) is 26.3 Å². The Labute approximate surface area is 113 Å². The van der Waals surface area contributed by atoms with Crippen LogP contribution in [-0.2, 0) is 14.8 Å². The fourth-order valence-electron chi connectivity index (χ4n) is 1.32. The normalized spacial score (nSPS) is 13.0. The van der Waals surface area contributed by atoms with Crippen molar-refractivity contribution in [1.82, 2.24) is 10.0 Å². The highest BCUT2D eigenvalue weighted by molar-refractivity contribution is 7.89. The molecular weight excluding hydrogens is 268 g/mol. The Morgan fingerprint density at radius 2 is 1.89 bits per heavy atom. The third kappa shape index (κ3) is 4.30. The van der Waals surface area contributed by atoms with E-state index in [-0.39, 0.29) is 23.5 Å². The molecule has 106 valence electrons. The maximum Gasteiger partial charge on any atom is 0.251 e. The van der Waals surface area contributed by atoms with E-state index in [1.165, 1.54) is 38.4 Å². The zero-order valence-electron chi connectivity index (χ0n) is 11.1. The number of hydrogen-bond donors (Lipinski definition) is 2. The first kappa shape index (κ1) is 15.6. The predicted molar refractivity (Wildman–Crippen MR) is 71.5 cm³/mol. The van der Waals surface area contributed by atoms with E-state index in [1.54, 1.807) is 6.92 Å². The number of nitrogens with one attached hydrogen (secondary N) is 2. The molecule has 6 nitrogen and oxygen atoms in total. The molecule has 0 spiro atoms. The topological polar surface area (TPSA) is 84.5 Å². The second-order valence-corrected chi connectivity index (χ2v) is 5.77. The summed E-state index contributed by atoms with van der Waals surface area (Å²) in [5, 5.41) is 2.47. The molecule has 2 N–H and O–H groups in total. The van der Waals surface area contributed by atoms with Crippen LogP contribution in [0.15, 0.2) is 29.2 Å². The molecular formula is C12H18N2O4S. The number of carbonyl (C=O) groups is 1. The summed E-state index contributed by atoms with van der Waals surface area (Å²) in [5.74, 6) is -0.259. The quantitative estimate of drug-likeness (QED) is 0.791. The number of sulfonamides is 1. The Balaban J connectivity index is 2.82. The Kier molecular flexibility index (Phi) is 5.46. The minimum atomic E-state index is -3.58. The van der Waals surface area contributed by atoms with Crippen LogP contribution in [0, 0.1) is 0 Å². The van der Waals surface area contributed by atoms with Crippen molar-refractivity contribution in [3.8, 4) is 0 Å². The lowest BCUT2D eigenvalue weighted by atomic mass is 10.2. The van der Waals surface area contributed by atoms with E-state index in [4.69, 9.17) is 4.74 Å². The number of carbonyl (C=O) groups excluding carboxylic acids is 1. The third-order valence-electron chi connectivity index (χ3n) is 2.62. The van der Waals surface area contributed by atoms with Gasteiger partial charge >= 0.3 is 0 Å². The van der Waals surface area contributed by atoms with E-state index in [0.29, 0.717) is 5.56 Å². The van der Waals surface area contributed by atoms with Gasteiger partial charge in [0.2, 0.25) is 10.0 Å². The highest BCUT2D eigenvalue weighted by Gasteiger charge is 2.15. The van der Waals surface area contributed by atoms with Crippen LogP contribution in [-0.4, -0.2) is 41.1 Å². The number of ether oxygens (including phenoxy) is 1. The largest absolute Gasteiger partial charge is 0.380 e. The Morgan fingerprint density at radius 1 is 1.32 bits per heavy atom. The van der Waals surface area contributed by atoms with Gasteiger partial charge in [0.15, 0.2) is 0 Å². The van der Waals surface area contributed by atoms with E-state index in [2.05, 4.69) is 10.0 Å². The number of amides is 1. The van der Waals surface area contributed by atoms with Gasteiger partial charge in [-0.15, -0.1) is 0 Å². The summed E-state index contributed by atoms with van der Waals surface area (Å²) in [6, 6.07) is 5.72. The van der Waals surface area contributed by atoms with Crippen LogP contribution in [0.5, 0.6) is 0 Å². The summed E-state index contributed by atoms with van der Waals surface area (Å²) in [7, 11) is -0.551. The number of rotatable bonds is 6. The van der Waals surface area contributed by atoms with Crippen LogP contribution in [0.25, 0.3) is 0 Å². The standard InChI is InChI=1S/C12H18N2O4S/c1-9(18-3)8-14-19(16,17)11-6-4-10(5-7-11)12(15)13-2/h4-7,9,14H,8H2,1-3H3,(H,13,15). The third-order valence-corrected chi connectivity index (χ3v) is 4.06. The molecule has 1 unspecified atom stereocenters. The molecule has 0 heterocycles. The molecule has 1 amide bonds. The average Bonchev–Trinajstić information content (AvgIpc) is 2.44. The smallest absolute Gasteiger partial charge is 0.251 e. The molecule has 0 aliphatic rings. The van der Waals surface area contributed by atoms with Gasteiger partial charge in [-0.25, -0.2) is 13.1 Å². The molecule has 0 aliphatic carbocycles. The van der Waals surface area contributed by atoms with Gasteiger partial charge in [-0.3, -0.25) is 4.79 Å². The molecule has 0 bridgehead atoms. The van der Waals surface area contributed by atoms with Gasteiger partial charge in [-0.05, 0) is 31.2 Å². The lowest BCUT2D eigenvalue weighted by molar-refractivity contribution is 0.0963. The second-order valence-electron chi connectivity index (χ2n) is 4.00. The van der Waals surface area contributed by atoms with Gasteiger partial charge in [0.1, 0.15) is 0 Å². The van der Waals surface area contributed by atoms with Crippen LogP contribution in [0.4, 0.5) is 0 Å². The number of benzene rings is 1. The van der Waals surface area contributed by atoms with Crippen LogP contribution in [0.3, 0.4) is 0 Å². The summed E-state index contributed by atoms with van der Waals surface area (Å²) >= 11 is 0. The summed E-state index contributed by atoms with van der Waals surface area (Å²) in [6.45, 7) is 1.95. The predicted octanol–water partition coefficient (Wildman–Crippen LogP) is 0.359. The van der Waals surface area contributed by atoms with Gasteiger partial charge < -0.3 is 10.1 Å². The highest BCUT2D eigenvalue weighted by Crippen LogP contribution is 2.10. The molecule has 19 heavy (non-hydrogen) atoms. The fraction of sp³-hybridized carbons (Fsp3) is 0.417.